The number of nitrogens with one attached hydrogen (secondary N) is 1. The highest BCUT2D eigenvalue weighted by Gasteiger charge is 2.39. The number of carbonyl (C=O) groups excluding carboxylic acids is 1. The molecule has 1 aromatic rings. The van der Waals surface area contributed by atoms with E-state index in [1.54, 1.807) is 11.3 Å². The van der Waals surface area contributed by atoms with Crippen molar-refractivity contribution in [2.24, 2.45) is 0 Å². The van der Waals surface area contributed by atoms with Crippen LogP contribution in [0.5, 0.6) is 0 Å². The number of nitrogens with zero attached hydrogens (tertiary/aromatic N) is 2. The van der Waals surface area contributed by atoms with E-state index in [-0.39, 0.29) is 12.1 Å². The van der Waals surface area contributed by atoms with Crippen molar-refractivity contribution >= 4 is 17.2 Å². The van der Waals surface area contributed by atoms with Crippen molar-refractivity contribution < 1.29 is 4.79 Å². The van der Waals surface area contributed by atoms with Crippen LogP contribution >= 0.6 is 11.3 Å². The first-order valence-corrected chi connectivity index (χ1v) is 6.90. The van der Waals surface area contributed by atoms with E-state index in [1.807, 2.05) is 6.07 Å². The Morgan fingerprint density at radius 2 is 2.41 bits per heavy atom. The zero-order chi connectivity index (χ0) is 11.8. The molecule has 0 radical (unpaired) electrons. The molecule has 0 bridgehead atoms. The minimum absolute atomic E-state index is 0.0963. The largest absolute Gasteiger partial charge is 0.317 e. The molecule has 2 saturated heterocycles. The molecule has 5 heteroatoms. The zero-order valence-electron chi connectivity index (χ0n) is 9.93. The van der Waals surface area contributed by atoms with Crippen LogP contribution in [0, 0.1) is 0 Å². The van der Waals surface area contributed by atoms with E-state index >= 15 is 0 Å². The molecule has 17 heavy (non-hydrogen) atoms. The maximum absolute atomic E-state index is 12.0. The number of likely N-dealkylation sites (N-methyl/N-ethyl adjacent to an activating group) is 1. The highest BCUT2D eigenvalue weighted by molar-refractivity contribution is 7.10. The summed E-state index contributed by atoms with van der Waals surface area (Å²) in [6.45, 7) is 2.56. The van der Waals surface area contributed by atoms with Gasteiger partial charge in [-0.05, 0) is 31.5 Å². The van der Waals surface area contributed by atoms with Gasteiger partial charge in [0.15, 0.2) is 0 Å². The third-order valence-electron chi connectivity index (χ3n) is 3.59. The summed E-state index contributed by atoms with van der Waals surface area (Å²) in [5, 5.41) is 5.39. The van der Waals surface area contributed by atoms with Crippen LogP contribution in [-0.2, 0) is 4.79 Å². The molecule has 0 aromatic carbocycles. The second-order valence-electron chi connectivity index (χ2n) is 4.80. The fraction of sp³-hybridized carbons (Fsp3) is 0.583. The third kappa shape index (κ3) is 1.99. The maximum atomic E-state index is 12.0. The lowest BCUT2D eigenvalue weighted by atomic mass is 10.2. The fourth-order valence-corrected chi connectivity index (χ4v) is 3.55. The molecular formula is C12H17N3OS. The number of likely N-dealkylation sites (tertiary alicyclic amines) is 1. The van der Waals surface area contributed by atoms with Crippen molar-refractivity contribution in [3.8, 4) is 0 Å². The van der Waals surface area contributed by atoms with Crippen molar-refractivity contribution in [1.29, 1.82) is 0 Å². The lowest BCUT2D eigenvalue weighted by molar-refractivity contribution is -0.130. The molecule has 2 aliphatic heterocycles. The average Bonchev–Trinajstić information content (AvgIpc) is 2.97. The predicted octanol–water partition coefficient (Wildman–Crippen LogP) is 0.883. The highest BCUT2D eigenvalue weighted by Crippen LogP contribution is 2.30. The van der Waals surface area contributed by atoms with Crippen LogP contribution in [0.25, 0.3) is 0 Å². The Balaban J connectivity index is 1.82. The van der Waals surface area contributed by atoms with E-state index in [1.165, 1.54) is 4.88 Å². The minimum atomic E-state index is 0.0963. The summed E-state index contributed by atoms with van der Waals surface area (Å²) in [6, 6.07) is 4.52. The summed E-state index contributed by atoms with van der Waals surface area (Å²) >= 11 is 1.72. The predicted molar refractivity (Wildman–Crippen MR) is 67.8 cm³/mol. The Hall–Kier alpha value is -0.910. The molecule has 0 spiro atoms. The lowest BCUT2D eigenvalue weighted by Gasteiger charge is -2.29. The van der Waals surface area contributed by atoms with Crippen molar-refractivity contribution in [1.82, 2.24) is 15.1 Å². The molecule has 3 rings (SSSR count). The standard InChI is InChI=1S/C12H17N3OS/c1-14-5-4-9(8-14)15-11(16)7-13-12(15)10-3-2-6-17-10/h2-3,6,9,12-13H,4-5,7-8H2,1H3. The highest BCUT2D eigenvalue weighted by atomic mass is 32.1. The van der Waals surface area contributed by atoms with Crippen LogP contribution in [0.4, 0.5) is 0 Å². The first-order chi connectivity index (χ1) is 8.25. The SMILES string of the molecule is CN1CCC(N2C(=O)CNC2c2cccs2)C1. The van der Waals surface area contributed by atoms with Gasteiger partial charge < -0.3 is 9.80 Å². The number of hydrogen-bond acceptors (Lipinski definition) is 4. The summed E-state index contributed by atoms with van der Waals surface area (Å²) in [7, 11) is 2.12. The molecule has 4 nitrogen and oxygen atoms in total. The van der Waals surface area contributed by atoms with Crippen LogP contribution in [0.1, 0.15) is 17.5 Å². The number of amides is 1. The Bertz CT molecular complexity index is 406. The van der Waals surface area contributed by atoms with Crippen LogP contribution in [-0.4, -0.2) is 48.4 Å². The smallest absolute Gasteiger partial charge is 0.238 e. The third-order valence-corrected chi connectivity index (χ3v) is 4.51. The molecule has 3 heterocycles. The normalized spacial score (nSPS) is 30.4. The second-order valence-corrected chi connectivity index (χ2v) is 5.78. The Morgan fingerprint density at radius 1 is 1.53 bits per heavy atom. The zero-order valence-corrected chi connectivity index (χ0v) is 10.7. The van der Waals surface area contributed by atoms with Gasteiger partial charge in [0.2, 0.25) is 5.91 Å². The van der Waals surface area contributed by atoms with Gasteiger partial charge in [0.05, 0.1) is 6.54 Å². The minimum Gasteiger partial charge on any atom is -0.317 e. The second kappa shape index (κ2) is 4.40. The lowest BCUT2D eigenvalue weighted by Crippen LogP contribution is -2.40. The maximum Gasteiger partial charge on any atom is 0.238 e. The van der Waals surface area contributed by atoms with Gasteiger partial charge in [-0.1, -0.05) is 6.07 Å². The molecule has 2 aliphatic rings. The molecule has 92 valence electrons. The summed E-state index contributed by atoms with van der Waals surface area (Å²) in [5.41, 5.74) is 0. The van der Waals surface area contributed by atoms with Gasteiger partial charge in [0, 0.05) is 17.5 Å². The Labute approximate surface area is 105 Å². The molecule has 2 fully saturated rings. The summed E-state index contributed by atoms with van der Waals surface area (Å²) < 4.78 is 0. The fourth-order valence-electron chi connectivity index (χ4n) is 2.76. The summed E-state index contributed by atoms with van der Waals surface area (Å²) in [4.78, 5) is 17.6. The van der Waals surface area contributed by atoms with Gasteiger partial charge in [-0.3, -0.25) is 10.1 Å². The van der Waals surface area contributed by atoms with Crippen LogP contribution in [0.2, 0.25) is 0 Å². The van der Waals surface area contributed by atoms with Gasteiger partial charge >= 0.3 is 0 Å². The molecule has 0 aliphatic carbocycles. The average molecular weight is 251 g/mol. The monoisotopic (exact) mass is 251 g/mol. The summed E-state index contributed by atoms with van der Waals surface area (Å²) in [5.74, 6) is 0.240. The molecule has 2 unspecified atom stereocenters. The topological polar surface area (TPSA) is 35.6 Å². The Morgan fingerprint density at radius 3 is 3.06 bits per heavy atom. The van der Waals surface area contributed by atoms with Gasteiger partial charge in [-0.15, -0.1) is 11.3 Å². The van der Waals surface area contributed by atoms with E-state index in [4.69, 9.17) is 0 Å². The van der Waals surface area contributed by atoms with Gasteiger partial charge in [-0.25, -0.2) is 0 Å². The van der Waals surface area contributed by atoms with Gasteiger partial charge in [-0.2, -0.15) is 0 Å². The van der Waals surface area contributed by atoms with Crippen LogP contribution < -0.4 is 5.32 Å². The van der Waals surface area contributed by atoms with Crippen molar-refractivity contribution in [3.63, 3.8) is 0 Å². The van der Waals surface area contributed by atoms with E-state index < -0.39 is 0 Å². The van der Waals surface area contributed by atoms with Gasteiger partial charge in [0.25, 0.3) is 0 Å². The quantitative estimate of drug-likeness (QED) is 0.847. The van der Waals surface area contributed by atoms with E-state index in [2.05, 4.69) is 33.6 Å². The molecule has 1 N–H and O–H groups in total. The van der Waals surface area contributed by atoms with Crippen LogP contribution in [0.3, 0.4) is 0 Å². The van der Waals surface area contributed by atoms with E-state index in [9.17, 15) is 4.79 Å². The van der Waals surface area contributed by atoms with Crippen molar-refractivity contribution in [2.45, 2.75) is 18.6 Å². The van der Waals surface area contributed by atoms with Crippen molar-refractivity contribution in [2.75, 3.05) is 26.7 Å². The Kier molecular flexibility index (Phi) is 2.90. The number of rotatable bonds is 2. The molecule has 1 aromatic heterocycles. The molecule has 1 amide bonds. The van der Waals surface area contributed by atoms with E-state index in [0.717, 1.165) is 19.5 Å². The summed E-state index contributed by atoms with van der Waals surface area (Å²) in [6.07, 6.45) is 1.19. The first kappa shape index (κ1) is 11.2. The number of thiophene rings is 1. The van der Waals surface area contributed by atoms with Crippen LogP contribution in [0.15, 0.2) is 17.5 Å². The first-order valence-electron chi connectivity index (χ1n) is 6.02. The number of carbonyl (C=O) groups is 1. The molecule has 2 atom stereocenters. The number of hydrogen-bond donors (Lipinski definition) is 1. The van der Waals surface area contributed by atoms with E-state index in [0.29, 0.717) is 12.6 Å². The van der Waals surface area contributed by atoms with Gasteiger partial charge in [0.1, 0.15) is 6.17 Å². The molecule has 0 saturated carbocycles. The van der Waals surface area contributed by atoms with Crippen molar-refractivity contribution in [3.05, 3.63) is 22.4 Å². The molecular weight excluding hydrogens is 234 g/mol.